The van der Waals surface area contributed by atoms with Gasteiger partial charge in [0, 0.05) is 17.3 Å². The van der Waals surface area contributed by atoms with E-state index in [1.54, 1.807) is 0 Å². The quantitative estimate of drug-likeness (QED) is 0.836. The normalized spacial score (nSPS) is 12.4. The van der Waals surface area contributed by atoms with Gasteiger partial charge in [-0.1, -0.05) is 18.2 Å². The van der Waals surface area contributed by atoms with Crippen LogP contribution in [0.4, 0.5) is 0 Å². The molecule has 0 spiro atoms. The molecule has 1 aromatic carbocycles. The second kappa shape index (κ2) is 6.43. The Kier molecular flexibility index (Phi) is 4.63. The van der Waals surface area contributed by atoms with Crippen LogP contribution in [0.25, 0.3) is 0 Å². The number of ether oxygens (including phenoxy) is 1. The van der Waals surface area contributed by atoms with E-state index in [1.165, 1.54) is 17.0 Å². The standard InChI is InChI=1S/C16H22N2O/c1-12-10-16(13(2)18-12)14(11-17)8-9-19-15-6-4-3-5-7-15/h3-7,10,14,18H,8-9,11,17H2,1-2H3. The first-order chi connectivity index (χ1) is 9.20. The van der Waals surface area contributed by atoms with Crippen LogP contribution < -0.4 is 10.5 Å². The van der Waals surface area contributed by atoms with Gasteiger partial charge in [-0.15, -0.1) is 0 Å². The molecule has 0 aliphatic carbocycles. The van der Waals surface area contributed by atoms with Crippen molar-refractivity contribution >= 4 is 0 Å². The number of benzene rings is 1. The van der Waals surface area contributed by atoms with E-state index in [9.17, 15) is 0 Å². The molecule has 1 aromatic heterocycles. The predicted octanol–water partition coefficient (Wildman–Crippen LogP) is 3.14. The smallest absolute Gasteiger partial charge is 0.119 e. The Hall–Kier alpha value is -1.74. The zero-order chi connectivity index (χ0) is 13.7. The van der Waals surface area contributed by atoms with E-state index in [-0.39, 0.29) is 0 Å². The number of hydrogen-bond donors (Lipinski definition) is 2. The maximum atomic E-state index is 5.89. The van der Waals surface area contributed by atoms with Gasteiger partial charge in [-0.25, -0.2) is 0 Å². The zero-order valence-corrected chi connectivity index (χ0v) is 11.6. The van der Waals surface area contributed by atoms with Crippen molar-refractivity contribution < 1.29 is 4.74 Å². The molecule has 1 unspecified atom stereocenters. The summed E-state index contributed by atoms with van der Waals surface area (Å²) < 4.78 is 5.74. The van der Waals surface area contributed by atoms with Crippen LogP contribution in [0, 0.1) is 13.8 Å². The van der Waals surface area contributed by atoms with Gasteiger partial charge >= 0.3 is 0 Å². The summed E-state index contributed by atoms with van der Waals surface area (Å²) in [5.74, 6) is 1.27. The number of aromatic nitrogens is 1. The van der Waals surface area contributed by atoms with E-state index < -0.39 is 0 Å². The monoisotopic (exact) mass is 258 g/mol. The summed E-state index contributed by atoms with van der Waals surface area (Å²) in [6.45, 7) is 5.51. The molecule has 0 saturated heterocycles. The molecule has 0 amide bonds. The molecule has 0 aliphatic heterocycles. The highest BCUT2D eigenvalue weighted by Crippen LogP contribution is 2.23. The first-order valence-corrected chi connectivity index (χ1v) is 6.74. The lowest BCUT2D eigenvalue weighted by atomic mass is 9.96. The van der Waals surface area contributed by atoms with Crippen molar-refractivity contribution in [3.05, 3.63) is 53.3 Å². The molecule has 1 heterocycles. The molecule has 0 bridgehead atoms. The third-order valence-corrected chi connectivity index (χ3v) is 3.39. The number of hydrogen-bond acceptors (Lipinski definition) is 2. The molecule has 0 saturated carbocycles. The topological polar surface area (TPSA) is 51.0 Å². The molecule has 0 fully saturated rings. The van der Waals surface area contributed by atoms with Gasteiger partial charge in [0.05, 0.1) is 6.61 Å². The third-order valence-electron chi connectivity index (χ3n) is 3.39. The Labute approximate surface area is 114 Å². The minimum atomic E-state index is 0.355. The van der Waals surface area contributed by atoms with E-state index in [1.807, 2.05) is 30.3 Å². The first-order valence-electron chi connectivity index (χ1n) is 6.74. The Balaban J connectivity index is 1.91. The summed E-state index contributed by atoms with van der Waals surface area (Å²) in [5.41, 5.74) is 9.61. The Bertz CT molecular complexity index is 505. The van der Waals surface area contributed by atoms with Gasteiger partial charge < -0.3 is 15.5 Å². The molecule has 102 valence electrons. The van der Waals surface area contributed by atoms with Crippen molar-refractivity contribution in [2.75, 3.05) is 13.2 Å². The number of rotatable bonds is 6. The van der Waals surface area contributed by atoms with Crippen LogP contribution in [0.15, 0.2) is 36.4 Å². The summed E-state index contributed by atoms with van der Waals surface area (Å²) in [5, 5.41) is 0. The number of H-pyrrole nitrogens is 1. The maximum absolute atomic E-state index is 5.89. The van der Waals surface area contributed by atoms with Gasteiger partial charge in [0.2, 0.25) is 0 Å². The van der Waals surface area contributed by atoms with Crippen LogP contribution in [-0.2, 0) is 0 Å². The van der Waals surface area contributed by atoms with Crippen LogP contribution in [0.1, 0.15) is 29.3 Å². The maximum Gasteiger partial charge on any atom is 0.119 e. The number of aryl methyl sites for hydroxylation is 2. The van der Waals surface area contributed by atoms with Crippen molar-refractivity contribution in [3.63, 3.8) is 0 Å². The van der Waals surface area contributed by atoms with E-state index in [0.717, 1.165) is 12.2 Å². The lowest BCUT2D eigenvalue weighted by molar-refractivity contribution is 0.298. The molecule has 3 N–H and O–H groups in total. The van der Waals surface area contributed by atoms with E-state index >= 15 is 0 Å². The fraction of sp³-hybridized carbons (Fsp3) is 0.375. The lowest BCUT2D eigenvalue weighted by Crippen LogP contribution is -2.16. The van der Waals surface area contributed by atoms with Crippen molar-refractivity contribution in [3.8, 4) is 5.75 Å². The average molecular weight is 258 g/mol. The molecule has 1 atom stereocenters. The van der Waals surface area contributed by atoms with Crippen LogP contribution in [0.2, 0.25) is 0 Å². The Morgan fingerprint density at radius 2 is 1.95 bits per heavy atom. The highest BCUT2D eigenvalue weighted by molar-refractivity contribution is 5.28. The Morgan fingerprint density at radius 1 is 1.21 bits per heavy atom. The molecular formula is C16H22N2O. The zero-order valence-electron chi connectivity index (χ0n) is 11.6. The summed E-state index contributed by atoms with van der Waals surface area (Å²) in [6.07, 6.45) is 0.934. The number of nitrogens with one attached hydrogen (secondary N) is 1. The highest BCUT2D eigenvalue weighted by Gasteiger charge is 2.14. The third kappa shape index (κ3) is 3.61. The van der Waals surface area contributed by atoms with Crippen LogP contribution in [0.3, 0.4) is 0 Å². The largest absolute Gasteiger partial charge is 0.494 e. The summed E-state index contributed by atoms with van der Waals surface area (Å²) >= 11 is 0. The van der Waals surface area contributed by atoms with Crippen molar-refractivity contribution in [1.82, 2.24) is 4.98 Å². The van der Waals surface area contributed by atoms with Gasteiger partial charge in [-0.2, -0.15) is 0 Å². The minimum Gasteiger partial charge on any atom is -0.494 e. The summed E-state index contributed by atoms with van der Waals surface area (Å²) in [7, 11) is 0. The van der Waals surface area contributed by atoms with Gasteiger partial charge in [-0.05, 0) is 50.6 Å². The van der Waals surface area contributed by atoms with Crippen LogP contribution in [-0.4, -0.2) is 18.1 Å². The molecule has 19 heavy (non-hydrogen) atoms. The molecule has 2 rings (SSSR count). The summed E-state index contributed by atoms with van der Waals surface area (Å²) in [6, 6.07) is 12.1. The fourth-order valence-corrected chi connectivity index (χ4v) is 2.41. The van der Waals surface area contributed by atoms with Gasteiger partial charge in [0.15, 0.2) is 0 Å². The number of para-hydroxylation sites is 1. The molecule has 0 aliphatic rings. The van der Waals surface area contributed by atoms with E-state index in [4.69, 9.17) is 10.5 Å². The molecule has 3 nitrogen and oxygen atoms in total. The highest BCUT2D eigenvalue weighted by atomic mass is 16.5. The SMILES string of the molecule is Cc1cc(C(CN)CCOc2ccccc2)c(C)[nH]1. The fourth-order valence-electron chi connectivity index (χ4n) is 2.41. The Morgan fingerprint density at radius 3 is 2.53 bits per heavy atom. The second-order valence-corrected chi connectivity index (χ2v) is 4.92. The second-order valence-electron chi connectivity index (χ2n) is 4.92. The van der Waals surface area contributed by atoms with Gasteiger partial charge in [0.1, 0.15) is 5.75 Å². The first kappa shape index (κ1) is 13.7. The van der Waals surface area contributed by atoms with Gasteiger partial charge in [0.25, 0.3) is 0 Å². The van der Waals surface area contributed by atoms with E-state index in [0.29, 0.717) is 19.1 Å². The van der Waals surface area contributed by atoms with E-state index in [2.05, 4.69) is 24.9 Å². The van der Waals surface area contributed by atoms with Crippen molar-refractivity contribution in [2.24, 2.45) is 5.73 Å². The van der Waals surface area contributed by atoms with Crippen molar-refractivity contribution in [1.29, 1.82) is 0 Å². The predicted molar refractivity (Wildman–Crippen MR) is 78.6 cm³/mol. The molecule has 3 heteroatoms. The number of aromatic amines is 1. The summed E-state index contributed by atoms with van der Waals surface area (Å²) in [4.78, 5) is 3.33. The molecule has 0 radical (unpaired) electrons. The average Bonchev–Trinajstić information content (AvgIpc) is 2.75. The lowest BCUT2D eigenvalue weighted by Gasteiger charge is -2.15. The van der Waals surface area contributed by atoms with Crippen LogP contribution in [0.5, 0.6) is 5.75 Å². The number of nitrogens with two attached hydrogens (primary N) is 1. The molecule has 2 aromatic rings. The van der Waals surface area contributed by atoms with Crippen LogP contribution >= 0.6 is 0 Å². The van der Waals surface area contributed by atoms with Gasteiger partial charge in [-0.3, -0.25) is 0 Å². The van der Waals surface area contributed by atoms with Crippen molar-refractivity contribution in [2.45, 2.75) is 26.2 Å². The minimum absolute atomic E-state index is 0.355. The molecular weight excluding hydrogens is 236 g/mol.